The van der Waals surface area contributed by atoms with Gasteiger partial charge in [-0.2, -0.15) is 0 Å². The van der Waals surface area contributed by atoms with E-state index in [1.54, 1.807) is 12.1 Å². The molecule has 1 aromatic carbocycles. The standard InChI is InChI=1S/C34H52O22/c1-3-8-48-27-19(39)15(9-35)51-32(23(27)43)54-29-21(41)17(11-37)53-34(25(29)45)56-30-22(42)18(12-38)52-33(26(30)46)55-28-20(40)16(10-36)50-31(24(28)44)49-14-6-4-13(47-2)5-7-14/h3-7,15-46H,1,8-12H2,2H3/t15-,16-,17-,18-,19-,20-,21-,22-,23-,24-,25-,26-,27+,28+,29+,30+,31-,32+,33+,34+/m1/s1. The van der Waals surface area contributed by atoms with Crippen LogP contribution in [0.25, 0.3) is 0 Å². The molecule has 4 heterocycles. The van der Waals surface area contributed by atoms with Crippen LogP contribution >= 0.6 is 0 Å². The first-order valence-corrected chi connectivity index (χ1v) is 17.8. The Bertz CT molecular complexity index is 1340. The molecule has 0 amide bonds. The highest BCUT2D eigenvalue weighted by Crippen LogP contribution is 2.35. The first kappa shape index (κ1) is 44.9. The van der Waals surface area contributed by atoms with Crippen LogP contribution in [0, 0.1) is 0 Å². The molecule has 4 fully saturated rings. The monoisotopic (exact) mass is 812 g/mol. The van der Waals surface area contributed by atoms with Gasteiger partial charge >= 0.3 is 0 Å². The summed E-state index contributed by atoms with van der Waals surface area (Å²) >= 11 is 0. The molecule has 0 unspecified atom stereocenters. The van der Waals surface area contributed by atoms with Gasteiger partial charge in [0.1, 0.15) is 109 Å². The van der Waals surface area contributed by atoms with E-state index in [0.717, 1.165) is 0 Å². The molecule has 20 atom stereocenters. The van der Waals surface area contributed by atoms with Crippen molar-refractivity contribution in [1.82, 2.24) is 0 Å². The minimum absolute atomic E-state index is 0.128. The molecule has 0 radical (unpaired) electrons. The van der Waals surface area contributed by atoms with Crippen LogP contribution in [-0.2, 0) is 37.9 Å². The van der Waals surface area contributed by atoms with E-state index >= 15 is 0 Å². The van der Waals surface area contributed by atoms with Crippen LogP contribution in [0.1, 0.15) is 0 Å². The third kappa shape index (κ3) is 9.62. The topological polar surface area (TPSA) is 335 Å². The van der Waals surface area contributed by atoms with Gasteiger partial charge in [0, 0.05) is 0 Å². The predicted molar refractivity (Wildman–Crippen MR) is 179 cm³/mol. The average Bonchev–Trinajstić information content (AvgIpc) is 3.20. The van der Waals surface area contributed by atoms with Crippen molar-refractivity contribution in [1.29, 1.82) is 0 Å². The van der Waals surface area contributed by atoms with Crippen LogP contribution in [0.2, 0.25) is 0 Å². The first-order chi connectivity index (χ1) is 26.8. The van der Waals surface area contributed by atoms with Crippen molar-refractivity contribution in [2.45, 2.75) is 123 Å². The average molecular weight is 813 g/mol. The molecule has 22 nitrogen and oxygen atoms in total. The van der Waals surface area contributed by atoms with Crippen molar-refractivity contribution in [3.63, 3.8) is 0 Å². The zero-order valence-electron chi connectivity index (χ0n) is 30.1. The molecule has 0 aromatic heterocycles. The molecule has 0 aliphatic carbocycles. The number of hydrogen-bond acceptors (Lipinski definition) is 22. The molecule has 22 heteroatoms. The molecule has 4 saturated heterocycles. The number of benzene rings is 1. The van der Waals surface area contributed by atoms with Gasteiger partial charge in [0.15, 0.2) is 18.9 Å². The quantitative estimate of drug-likeness (QED) is 0.0691. The van der Waals surface area contributed by atoms with Crippen LogP contribution in [0.4, 0.5) is 0 Å². The fraction of sp³-hybridized carbons (Fsp3) is 0.765. The molecule has 0 saturated carbocycles. The van der Waals surface area contributed by atoms with Crippen molar-refractivity contribution in [2.75, 3.05) is 40.1 Å². The Morgan fingerprint density at radius 3 is 1.18 bits per heavy atom. The van der Waals surface area contributed by atoms with Gasteiger partial charge in [-0.1, -0.05) is 6.08 Å². The number of methoxy groups -OCH3 is 1. The molecular formula is C34H52O22. The number of hydrogen-bond donors (Lipinski definition) is 12. The van der Waals surface area contributed by atoms with Crippen LogP contribution < -0.4 is 9.47 Å². The van der Waals surface area contributed by atoms with Crippen molar-refractivity contribution in [3.8, 4) is 11.5 Å². The fourth-order valence-electron chi connectivity index (χ4n) is 6.76. The van der Waals surface area contributed by atoms with E-state index in [9.17, 15) is 61.3 Å². The molecule has 56 heavy (non-hydrogen) atoms. The molecule has 1 aromatic rings. The Balaban J connectivity index is 1.33. The highest BCUT2D eigenvalue weighted by molar-refractivity contribution is 5.31. The normalized spacial score (nSPS) is 44.6. The summed E-state index contributed by atoms with van der Waals surface area (Å²) in [5.74, 6) is 0.700. The second kappa shape index (κ2) is 20.1. The number of aliphatic hydroxyl groups excluding tert-OH is 12. The summed E-state index contributed by atoms with van der Waals surface area (Å²) in [6.07, 6.45) is -33.0. The summed E-state index contributed by atoms with van der Waals surface area (Å²) < 4.78 is 55.8. The molecule has 0 spiro atoms. The summed E-state index contributed by atoms with van der Waals surface area (Å²) in [5, 5.41) is 128. The Hall–Kier alpha value is -2.24. The lowest BCUT2D eigenvalue weighted by Crippen LogP contribution is -2.68. The summed E-state index contributed by atoms with van der Waals surface area (Å²) in [4.78, 5) is 0. The molecule has 5 rings (SSSR count). The lowest BCUT2D eigenvalue weighted by molar-refractivity contribution is -0.389. The smallest absolute Gasteiger partial charge is 0.229 e. The van der Waals surface area contributed by atoms with E-state index in [1.807, 2.05) is 0 Å². The van der Waals surface area contributed by atoms with Crippen LogP contribution in [0.5, 0.6) is 11.5 Å². The van der Waals surface area contributed by atoms with Gasteiger partial charge in [-0.15, -0.1) is 6.58 Å². The molecule has 0 bridgehead atoms. The van der Waals surface area contributed by atoms with Crippen molar-refractivity contribution < 1.29 is 109 Å². The fourth-order valence-corrected chi connectivity index (χ4v) is 6.76. The third-order valence-corrected chi connectivity index (χ3v) is 9.88. The van der Waals surface area contributed by atoms with E-state index in [4.69, 9.17) is 47.4 Å². The largest absolute Gasteiger partial charge is 0.497 e. The minimum atomic E-state index is -2.05. The highest BCUT2D eigenvalue weighted by Gasteiger charge is 2.56. The molecule has 4 aliphatic heterocycles. The molecule has 320 valence electrons. The van der Waals surface area contributed by atoms with Gasteiger partial charge in [0.05, 0.1) is 40.1 Å². The molecule has 12 N–H and O–H groups in total. The van der Waals surface area contributed by atoms with E-state index < -0.39 is 149 Å². The summed E-state index contributed by atoms with van der Waals surface area (Å²) in [6, 6.07) is 6.13. The van der Waals surface area contributed by atoms with E-state index in [2.05, 4.69) is 6.58 Å². The lowest BCUT2D eigenvalue weighted by atomic mass is 9.95. The van der Waals surface area contributed by atoms with E-state index in [0.29, 0.717) is 5.75 Å². The maximum absolute atomic E-state index is 11.4. The van der Waals surface area contributed by atoms with Gasteiger partial charge in [-0.05, 0) is 24.3 Å². The van der Waals surface area contributed by atoms with Crippen molar-refractivity contribution in [2.24, 2.45) is 0 Å². The Morgan fingerprint density at radius 1 is 0.500 bits per heavy atom. The second-order valence-electron chi connectivity index (χ2n) is 13.5. The van der Waals surface area contributed by atoms with Gasteiger partial charge < -0.3 is 109 Å². The number of aliphatic hydroxyl groups is 12. The zero-order chi connectivity index (χ0) is 40.8. The first-order valence-electron chi connectivity index (χ1n) is 17.8. The minimum Gasteiger partial charge on any atom is -0.497 e. The molecular weight excluding hydrogens is 760 g/mol. The summed E-state index contributed by atoms with van der Waals surface area (Å²) in [6.45, 7) is 0.0767. The second-order valence-corrected chi connectivity index (χ2v) is 13.5. The van der Waals surface area contributed by atoms with Crippen LogP contribution in [0.3, 0.4) is 0 Å². The van der Waals surface area contributed by atoms with E-state index in [-0.39, 0.29) is 12.4 Å². The predicted octanol–water partition coefficient (Wildman–Crippen LogP) is -6.44. The maximum Gasteiger partial charge on any atom is 0.229 e. The van der Waals surface area contributed by atoms with Gasteiger partial charge in [0.2, 0.25) is 6.29 Å². The van der Waals surface area contributed by atoms with Gasteiger partial charge in [-0.3, -0.25) is 0 Å². The SMILES string of the molecule is C=CCO[C@@H]1[C@@H](O)[C@H](O[C@@H]2[C@@H](O)[C@H](O[C@@H]3[C@@H](O)[C@H](O[C@@H]4[C@@H](O)[C@H](Oc5ccc(OC)cc5)O[C@H](CO)[C@H]4O)O[C@H](CO)[C@H]3O)O[C@H](CO)[C@H]2O)O[C@H](CO)[C@H]1O. The molecule has 4 aliphatic rings. The number of ether oxygens (including phenoxy) is 10. The van der Waals surface area contributed by atoms with Gasteiger partial charge in [0.25, 0.3) is 0 Å². The van der Waals surface area contributed by atoms with Crippen molar-refractivity contribution >= 4 is 0 Å². The van der Waals surface area contributed by atoms with Crippen LogP contribution in [0.15, 0.2) is 36.9 Å². The van der Waals surface area contributed by atoms with E-state index in [1.165, 1.54) is 25.3 Å². The Labute approximate surface area is 320 Å². The van der Waals surface area contributed by atoms with Crippen molar-refractivity contribution in [3.05, 3.63) is 36.9 Å². The highest BCUT2D eigenvalue weighted by atomic mass is 16.8. The van der Waals surface area contributed by atoms with Gasteiger partial charge in [-0.25, -0.2) is 0 Å². The summed E-state index contributed by atoms with van der Waals surface area (Å²) in [7, 11) is 1.46. The lowest BCUT2D eigenvalue weighted by Gasteiger charge is -2.49. The number of rotatable bonds is 16. The third-order valence-electron chi connectivity index (χ3n) is 9.88. The Kier molecular flexibility index (Phi) is 16.1. The Morgan fingerprint density at radius 2 is 0.821 bits per heavy atom. The van der Waals surface area contributed by atoms with Crippen LogP contribution in [-0.4, -0.2) is 224 Å². The maximum atomic E-state index is 11.4. The zero-order valence-corrected chi connectivity index (χ0v) is 30.1. The summed E-state index contributed by atoms with van der Waals surface area (Å²) in [5.41, 5.74) is 0.